The van der Waals surface area contributed by atoms with Crippen LogP contribution in [0.25, 0.3) is 0 Å². The van der Waals surface area contributed by atoms with Crippen molar-refractivity contribution in [2.75, 3.05) is 11.9 Å². The highest BCUT2D eigenvalue weighted by Gasteiger charge is 2.22. The van der Waals surface area contributed by atoms with E-state index in [4.69, 9.17) is 11.6 Å². The summed E-state index contributed by atoms with van der Waals surface area (Å²) in [6.45, 7) is 4.73. The van der Waals surface area contributed by atoms with Crippen LogP contribution in [0.2, 0.25) is 5.02 Å². The molecule has 0 aliphatic heterocycles. The maximum absolute atomic E-state index is 13.8. The molecule has 1 rings (SSSR count). The van der Waals surface area contributed by atoms with Crippen LogP contribution in [0.5, 0.6) is 0 Å². The maximum Gasteiger partial charge on any atom is 0.227 e. The van der Waals surface area contributed by atoms with Gasteiger partial charge in [0, 0.05) is 28.5 Å². The topological polar surface area (TPSA) is 20.3 Å². The molecule has 0 unspecified atom stereocenters. The highest BCUT2D eigenvalue weighted by Crippen LogP contribution is 2.21. The molecule has 0 N–H and O–H groups in total. The van der Waals surface area contributed by atoms with Gasteiger partial charge in [-0.1, -0.05) is 47.4 Å². The number of hydrogen-bond acceptors (Lipinski definition) is 1. The van der Waals surface area contributed by atoms with E-state index in [9.17, 15) is 9.18 Å². The Hall–Kier alpha value is -0.610. The Morgan fingerprint density at radius 1 is 1.40 bits per heavy atom. The number of amides is 1. The minimum Gasteiger partial charge on any atom is -0.339 e. The quantitative estimate of drug-likeness (QED) is 0.655. The first kappa shape index (κ1) is 17.4. The molecule has 1 aromatic rings. The van der Waals surface area contributed by atoms with Crippen LogP contribution in [0.3, 0.4) is 0 Å². The average Bonchev–Trinajstić information content (AvgIpc) is 2.43. The van der Waals surface area contributed by atoms with Crippen LogP contribution < -0.4 is 0 Å². The highest BCUT2D eigenvalue weighted by molar-refractivity contribution is 9.09. The Morgan fingerprint density at radius 2 is 2.05 bits per heavy atom. The Bertz CT molecular complexity index is 431. The van der Waals surface area contributed by atoms with Crippen molar-refractivity contribution in [1.82, 2.24) is 4.90 Å². The number of hydrogen-bond donors (Lipinski definition) is 0. The predicted octanol–water partition coefficient (Wildman–Crippen LogP) is 4.43. The summed E-state index contributed by atoms with van der Waals surface area (Å²) >= 11 is 9.35. The van der Waals surface area contributed by atoms with Gasteiger partial charge in [-0.2, -0.15) is 0 Å². The van der Waals surface area contributed by atoms with Crippen molar-refractivity contribution < 1.29 is 9.18 Å². The Balaban J connectivity index is 2.91. The molecule has 0 radical (unpaired) electrons. The lowest BCUT2D eigenvalue weighted by Gasteiger charge is -2.30. The summed E-state index contributed by atoms with van der Waals surface area (Å²) in [5.41, 5.74) is 0.282. The van der Waals surface area contributed by atoms with Crippen molar-refractivity contribution in [3.63, 3.8) is 0 Å². The molecule has 0 spiro atoms. The second kappa shape index (κ2) is 8.63. The molecule has 0 saturated heterocycles. The van der Waals surface area contributed by atoms with Gasteiger partial charge in [-0.15, -0.1) is 0 Å². The smallest absolute Gasteiger partial charge is 0.227 e. The number of carbonyl (C=O) groups is 1. The summed E-state index contributed by atoms with van der Waals surface area (Å²) in [6.07, 6.45) is 1.79. The Kier molecular flexibility index (Phi) is 7.52. The molecule has 0 bridgehead atoms. The summed E-state index contributed by atoms with van der Waals surface area (Å²) in [4.78, 5) is 14.3. The van der Waals surface area contributed by atoms with Crippen LogP contribution in [0, 0.1) is 5.82 Å². The van der Waals surface area contributed by atoms with Gasteiger partial charge >= 0.3 is 0 Å². The van der Waals surface area contributed by atoms with Crippen LogP contribution in [0.1, 0.15) is 32.3 Å². The van der Waals surface area contributed by atoms with Gasteiger partial charge in [0.05, 0.1) is 6.42 Å². The van der Waals surface area contributed by atoms with E-state index in [2.05, 4.69) is 29.8 Å². The average molecular weight is 365 g/mol. The highest BCUT2D eigenvalue weighted by atomic mass is 79.9. The summed E-state index contributed by atoms with van der Waals surface area (Å²) < 4.78 is 13.8. The molecule has 0 heterocycles. The number of rotatable bonds is 7. The number of halogens is 3. The maximum atomic E-state index is 13.8. The molecule has 0 saturated carbocycles. The first-order chi connectivity index (χ1) is 9.54. The van der Waals surface area contributed by atoms with E-state index in [-0.39, 0.29) is 23.9 Å². The number of benzene rings is 1. The van der Waals surface area contributed by atoms with Gasteiger partial charge in [0.25, 0.3) is 0 Å². The van der Waals surface area contributed by atoms with E-state index in [0.717, 1.165) is 12.8 Å². The molecule has 0 fully saturated rings. The summed E-state index contributed by atoms with van der Waals surface area (Å²) in [5.74, 6) is -0.501. The molecule has 0 atom stereocenters. The van der Waals surface area contributed by atoms with Crippen molar-refractivity contribution in [2.45, 2.75) is 39.2 Å². The van der Waals surface area contributed by atoms with Gasteiger partial charge in [0.15, 0.2) is 0 Å². The zero-order chi connectivity index (χ0) is 15.1. The minimum atomic E-state index is -0.422. The summed E-state index contributed by atoms with van der Waals surface area (Å²) in [7, 11) is 0. The molecule has 0 aliphatic rings. The van der Waals surface area contributed by atoms with Gasteiger partial charge in [-0.25, -0.2) is 4.39 Å². The van der Waals surface area contributed by atoms with Crippen molar-refractivity contribution in [3.05, 3.63) is 34.6 Å². The third-order valence-corrected chi connectivity index (χ3v) is 4.13. The van der Waals surface area contributed by atoms with Crippen LogP contribution in [-0.4, -0.2) is 28.7 Å². The molecular formula is C15H20BrClFNO. The normalized spacial score (nSPS) is 10.9. The minimum absolute atomic E-state index is 0.00894. The van der Waals surface area contributed by atoms with Gasteiger partial charge in [0.2, 0.25) is 5.91 Å². The van der Waals surface area contributed by atoms with Crippen LogP contribution >= 0.6 is 27.5 Å². The fourth-order valence-corrected chi connectivity index (χ4v) is 2.90. The van der Waals surface area contributed by atoms with Gasteiger partial charge < -0.3 is 4.90 Å². The molecule has 20 heavy (non-hydrogen) atoms. The molecule has 5 heteroatoms. The number of alkyl halides is 1. The summed E-state index contributed by atoms with van der Waals surface area (Å²) in [5, 5.41) is 1.02. The van der Waals surface area contributed by atoms with Crippen LogP contribution in [0.4, 0.5) is 4.39 Å². The standard InChI is InChI=1S/C15H20BrClFNO/c1-3-11(4-2)19(9-8-16)15(20)10-12-13(17)6-5-7-14(12)18/h5-7,11H,3-4,8-10H2,1-2H3. The van der Waals surface area contributed by atoms with Gasteiger partial charge in [0.1, 0.15) is 5.82 Å². The molecule has 1 amide bonds. The molecular weight excluding hydrogens is 345 g/mol. The first-order valence-corrected chi connectivity index (χ1v) is 8.33. The van der Waals surface area contributed by atoms with E-state index in [1.807, 2.05) is 4.90 Å². The monoisotopic (exact) mass is 363 g/mol. The van der Waals surface area contributed by atoms with E-state index >= 15 is 0 Å². The summed E-state index contributed by atoms with van der Waals surface area (Å²) in [6, 6.07) is 4.67. The molecule has 2 nitrogen and oxygen atoms in total. The number of nitrogens with zero attached hydrogens (tertiary/aromatic N) is 1. The Morgan fingerprint density at radius 3 is 2.55 bits per heavy atom. The third-order valence-electron chi connectivity index (χ3n) is 3.42. The first-order valence-electron chi connectivity index (χ1n) is 6.83. The fraction of sp³-hybridized carbons (Fsp3) is 0.533. The number of carbonyl (C=O) groups excluding carboxylic acids is 1. The molecule has 112 valence electrons. The van der Waals surface area contributed by atoms with Crippen molar-refractivity contribution in [3.8, 4) is 0 Å². The van der Waals surface area contributed by atoms with E-state index in [1.165, 1.54) is 6.07 Å². The third kappa shape index (κ3) is 4.45. The van der Waals surface area contributed by atoms with E-state index < -0.39 is 5.82 Å². The largest absolute Gasteiger partial charge is 0.339 e. The van der Waals surface area contributed by atoms with Gasteiger partial charge in [-0.05, 0) is 25.0 Å². The molecule has 0 aliphatic carbocycles. The lowest BCUT2D eigenvalue weighted by Crippen LogP contribution is -2.42. The van der Waals surface area contributed by atoms with Crippen LogP contribution in [0.15, 0.2) is 18.2 Å². The zero-order valence-corrected chi connectivity index (χ0v) is 14.2. The van der Waals surface area contributed by atoms with Crippen molar-refractivity contribution >= 4 is 33.4 Å². The zero-order valence-electron chi connectivity index (χ0n) is 11.8. The van der Waals surface area contributed by atoms with Crippen LogP contribution in [-0.2, 0) is 11.2 Å². The Labute approximate surface area is 133 Å². The van der Waals surface area contributed by atoms with Crippen molar-refractivity contribution in [2.24, 2.45) is 0 Å². The lowest BCUT2D eigenvalue weighted by atomic mass is 10.1. The molecule has 0 aromatic heterocycles. The SMILES string of the molecule is CCC(CC)N(CCBr)C(=O)Cc1c(F)cccc1Cl. The second-order valence-electron chi connectivity index (χ2n) is 4.62. The van der Waals surface area contributed by atoms with Gasteiger partial charge in [-0.3, -0.25) is 4.79 Å². The van der Waals surface area contributed by atoms with Crippen molar-refractivity contribution in [1.29, 1.82) is 0 Å². The predicted molar refractivity (Wildman–Crippen MR) is 85.0 cm³/mol. The molecule has 1 aromatic carbocycles. The lowest BCUT2D eigenvalue weighted by molar-refractivity contribution is -0.132. The fourth-order valence-electron chi connectivity index (χ4n) is 2.29. The second-order valence-corrected chi connectivity index (χ2v) is 5.82. The van der Waals surface area contributed by atoms with E-state index in [1.54, 1.807) is 12.1 Å². The van der Waals surface area contributed by atoms with E-state index in [0.29, 0.717) is 16.9 Å².